The minimum absolute atomic E-state index is 0.0647. The van der Waals surface area contributed by atoms with E-state index in [1.807, 2.05) is 0 Å². The molecule has 1 aliphatic rings. The van der Waals surface area contributed by atoms with Gasteiger partial charge in [0.25, 0.3) is 0 Å². The van der Waals surface area contributed by atoms with Gasteiger partial charge in [-0.05, 0) is 13.0 Å². The highest BCUT2D eigenvalue weighted by atomic mass is 16.5. The minimum atomic E-state index is -0.274. The number of nitrogens with zero attached hydrogens (tertiary/aromatic N) is 1. The van der Waals surface area contributed by atoms with Crippen LogP contribution in [0.2, 0.25) is 0 Å². The van der Waals surface area contributed by atoms with Crippen molar-refractivity contribution in [3.63, 3.8) is 0 Å². The molecule has 1 rings (SSSR count). The number of rotatable bonds is 4. The molecule has 0 spiro atoms. The van der Waals surface area contributed by atoms with Gasteiger partial charge in [-0.1, -0.05) is 6.92 Å². The van der Waals surface area contributed by atoms with Crippen molar-refractivity contribution < 1.29 is 14.3 Å². The Kier molecular flexibility index (Phi) is 4.73. The first-order valence-electron chi connectivity index (χ1n) is 5.59. The maximum Gasteiger partial charge on any atom is 0.310 e. The van der Waals surface area contributed by atoms with Crippen molar-refractivity contribution in [1.82, 2.24) is 10.2 Å². The molecule has 0 aromatic heterocycles. The predicted octanol–water partition coefficient (Wildman–Crippen LogP) is -0.137. The molecule has 0 aliphatic carbocycles. The number of carbonyl (C=O) groups is 2. The second kappa shape index (κ2) is 5.84. The van der Waals surface area contributed by atoms with Gasteiger partial charge >= 0.3 is 5.97 Å². The average Bonchev–Trinajstić information content (AvgIpc) is 2.79. The van der Waals surface area contributed by atoms with Crippen LogP contribution < -0.4 is 5.32 Å². The molecule has 2 unspecified atom stereocenters. The molecule has 0 saturated carbocycles. The molecular weight excluding hydrogens is 208 g/mol. The summed E-state index contributed by atoms with van der Waals surface area (Å²) in [7, 11) is 3.10. The van der Waals surface area contributed by atoms with Crippen LogP contribution >= 0.6 is 0 Å². The van der Waals surface area contributed by atoms with Gasteiger partial charge in [0, 0.05) is 20.1 Å². The van der Waals surface area contributed by atoms with E-state index in [2.05, 4.69) is 10.1 Å². The summed E-state index contributed by atoms with van der Waals surface area (Å²) in [6.45, 7) is 3.83. The Morgan fingerprint density at radius 3 is 2.75 bits per heavy atom. The van der Waals surface area contributed by atoms with Crippen LogP contribution in [-0.2, 0) is 14.3 Å². The first kappa shape index (κ1) is 13.0. The van der Waals surface area contributed by atoms with Gasteiger partial charge in [0.05, 0.1) is 18.9 Å². The Hall–Kier alpha value is -1.10. The van der Waals surface area contributed by atoms with E-state index >= 15 is 0 Å². The van der Waals surface area contributed by atoms with Crippen LogP contribution in [0.3, 0.4) is 0 Å². The molecule has 1 amide bonds. The Balaban J connectivity index is 2.41. The molecule has 0 aromatic carbocycles. The van der Waals surface area contributed by atoms with Crippen molar-refractivity contribution in [2.75, 3.05) is 33.8 Å². The molecule has 0 radical (unpaired) electrons. The Labute approximate surface area is 96.1 Å². The standard InChI is InChI=1S/C11H20N2O3/c1-8(11(15)16-3)7-13(2)10(14)9-4-5-12-6-9/h8-9,12H,4-7H2,1-3H3. The number of nitrogens with one attached hydrogen (secondary N) is 1. The molecule has 0 bridgehead atoms. The van der Waals surface area contributed by atoms with Gasteiger partial charge in [0.1, 0.15) is 0 Å². The number of hydrogen-bond acceptors (Lipinski definition) is 4. The lowest BCUT2D eigenvalue weighted by molar-refractivity contribution is -0.146. The molecule has 2 atom stereocenters. The topological polar surface area (TPSA) is 58.6 Å². The molecule has 1 heterocycles. The Bertz CT molecular complexity index is 262. The van der Waals surface area contributed by atoms with Crippen molar-refractivity contribution in [2.45, 2.75) is 13.3 Å². The summed E-state index contributed by atoms with van der Waals surface area (Å²) in [5, 5.41) is 3.16. The van der Waals surface area contributed by atoms with E-state index in [1.54, 1.807) is 18.9 Å². The maximum atomic E-state index is 11.9. The lowest BCUT2D eigenvalue weighted by Crippen LogP contribution is -2.38. The number of esters is 1. The van der Waals surface area contributed by atoms with Crippen LogP contribution in [0.1, 0.15) is 13.3 Å². The van der Waals surface area contributed by atoms with Gasteiger partial charge in [-0.3, -0.25) is 9.59 Å². The van der Waals surface area contributed by atoms with E-state index in [1.165, 1.54) is 7.11 Å². The maximum absolute atomic E-state index is 11.9. The Morgan fingerprint density at radius 1 is 1.56 bits per heavy atom. The van der Waals surface area contributed by atoms with Gasteiger partial charge in [0.2, 0.25) is 5.91 Å². The predicted molar refractivity (Wildman–Crippen MR) is 59.8 cm³/mol. The second-order valence-corrected chi connectivity index (χ2v) is 4.33. The van der Waals surface area contributed by atoms with E-state index in [0.717, 1.165) is 19.5 Å². The zero-order chi connectivity index (χ0) is 12.1. The number of methoxy groups -OCH3 is 1. The lowest BCUT2D eigenvalue weighted by atomic mass is 10.1. The van der Waals surface area contributed by atoms with Gasteiger partial charge in [-0.2, -0.15) is 0 Å². The summed E-state index contributed by atoms with van der Waals surface area (Å²) < 4.78 is 4.63. The zero-order valence-corrected chi connectivity index (χ0v) is 10.2. The van der Waals surface area contributed by atoms with Crippen molar-refractivity contribution >= 4 is 11.9 Å². The fraction of sp³-hybridized carbons (Fsp3) is 0.818. The van der Waals surface area contributed by atoms with E-state index in [9.17, 15) is 9.59 Å². The molecule has 5 nitrogen and oxygen atoms in total. The lowest BCUT2D eigenvalue weighted by Gasteiger charge is -2.22. The first-order chi connectivity index (χ1) is 7.56. The summed E-state index contributed by atoms with van der Waals surface area (Å²) in [6, 6.07) is 0. The SMILES string of the molecule is COC(=O)C(C)CN(C)C(=O)C1CCNC1. The smallest absolute Gasteiger partial charge is 0.310 e. The number of hydrogen-bond donors (Lipinski definition) is 1. The highest BCUT2D eigenvalue weighted by molar-refractivity contribution is 5.80. The van der Waals surface area contributed by atoms with Crippen molar-refractivity contribution in [3.8, 4) is 0 Å². The first-order valence-corrected chi connectivity index (χ1v) is 5.59. The normalized spacial score (nSPS) is 21.6. The molecule has 0 aromatic rings. The summed E-state index contributed by atoms with van der Waals surface area (Å²) in [6.07, 6.45) is 0.885. The molecular formula is C11H20N2O3. The fourth-order valence-corrected chi connectivity index (χ4v) is 1.95. The molecule has 1 N–H and O–H groups in total. The number of amides is 1. The van der Waals surface area contributed by atoms with Gasteiger partial charge in [0.15, 0.2) is 0 Å². The molecule has 5 heteroatoms. The van der Waals surface area contributed by atoms with Gasteiger partial charge in [-0.25, -0.2) is 0 Å². The molecule has 16 heavy (non-hydrogen) atoms. The summed E-state index contributed by atoms with van der Waals surface area (Å²) >= 11 is 0. The minimum Gasteiger partial charge on any atom is -0.469 e. The van der Waals surface area contributed by atoms with Gasteiger partial charge < -0.3 is 15.0 Å². The van der Waals surface area contributed by atoms with E-state index in [-0.39, 0.29) is 23.7 Å². The number of ether oxygens (including phenoxy) is 1. The average molecular weight is 228 g/mol. The summed E-state index contributed by atoms with van der Waals surface area (Å²) in [5.41, 5.74) is 0. The third-order valence-corrected chi connectivity index (χ3v) is 2.94. The third kappa shape index (κ3) is 3.20. The van der Waals surface area contributed by atoms with E-state index in [4.69, 9.17) is 0 Å². The van der Waals surface area contributed by atoms with Crippen LogP contribution in [0.25, 0.3) is 0 Å². The number of carbonyl (C=O) groups excluding carboxylic acids is 2. The van der Waals surface area contributed by atoms with Gasteiger partial charge in [-0.15, -0.1) is 0 Å². The molecule has 1 fully saturated rings. The van der Waals surface area contributed by atoms with Crippen LogP contribution in [0, 0.1) is 11.8 Å². The molecule has 1 saturated heterocycles. The zero-order valence-electron chi connectivity index (χ0n) is 10.2. The van der Waals surface area contributed by atoms with Crippen molar-refractivity contribution in [2.24, 2.45) is 11.8 Å². The summed E-state index contributed by atoms with van der Waals surface area (Å²) in [5.74, 6) is -0.367. The van der Waals surface area contributed by atoms with Crippen molar-refractivity contribution in [1.29, 1.82) is 0 Å². The van der Waals surface area contributed by atoms with Crippen LogP contribution in [0.4, 0.5) is 0 Å². The Morgan fingerprint density at radius 2 is 2.25 bits per heavy atom. The van der Waals surface area contributed by atoms with E-state index in [0.29, 0.717) is 6.54 Å². The van der Waals surface area contributed by atoms with Crippen LogP contribution in [0.5, 0.6) is 0 Å². The van der Waals surface area contributed by atoms with Crippen molar-refractivity contribution in [3.05, 3.63) is 0 Å². The molecule has 92 valence electrons. The highest BCUT2D eigenvalue weighted by Gasteiger charge is 2.27. The van der Waals surface area contributed by atoms with Crippen LogP contribution in [-0.4, -0.2) is 50.6 Å². The molecule has 1 aliphatic heterocycles. The summed E-state index contributed by atoms with van der Waals surface area (Å²) in [4.78, 5) is 24.8. The third-order valence-electron chi connectivity index (χ3n) is 2.94. The fourth-order valence-electron chi connectivity index (χ4n) is 1.95. The highest BCUT2D eigenvalue weighted by Crippen LogP contribution is 2.12. The quantitative estimate of drug-likeness (QED) is 0.681. The van der Waals surface area contributed by atoms with Crippen LogP contribution in [0.15, 0.2) is 0 Å². The second-order valence-electron chi connectivity index (χ2n) is 4.33. The largest absolute Gasteiger partial charge is 0.469 e. The monoisotopic (exact) mass is 228 g/mol. The van der Waals surface area contributed by atoms with E-state index < -0.39 is 0 Å².